The van der Waals surface area contributed by atoms with Gasteiger partial charge in [0, 0.05) is 62.8 Å². The van der Waals surface area contributed by atoms with Gasteiger partial charge in [-0.2, -0.15) is 0 Å². The molecule has 0 bridgehead atoms. The highest BCUT2D eigenvalue weighted by molar-refractivity contribution is 5.88. The van der Waals surface area contributed by atoms with Crippen molar-refractivity contribution in [1.82, 2.24) is 19.9 Å². The molecule has 150 valence electrons. The molecule has 1 amide bonds. The molecule has 1 saturated heterocycles. The molecule has 7 heteroatoms. The number of aromatic nitrogens is 3. The molecule has 1 fully saturated rings. The Morgan fingerprint density at radius 2 is 1.72 bits per heavy atom. The molecule has 29 heavy (non-hydrogen) atoms. The number of benzene rings is 1. The fourth-order valence-electron chi connectivity index (χ4n) is 3.69. The van der Waals surface area contributed by atoms with Crippen molar-refractivity contribution in [3.8, 4) is 11.3 Å². The zero-order valence-corrected chi connectivity index (χ0v) is 17.1. The normalized spacial score (nSPS) is 14.5. The summed E-state index contributed by atoms with van der Waals surface area (Å²) in [4.78, 5) is 30.0. The van der Waals surface area contributed by atoms with Gasteiger partial charge in [-0.05, 0) is 18.2 Å². The maximum absolute atomic E-state index is 12.2. The summed E-state index contributed by atoms with van der Waals surface area (Å²) < 4.78 is 0. The number of hydrogen-bond acceptors (Lipinski definition) is 6. The first-order chi connectivity index (χ1) is 14.1. The molecule has 0 unspecified atom stereocenters. The van der Waals surface area contributed by atoms with Crippen LogP contribution in [0.4, 0.5) is 11.5 Å². The maximum Gasteiger partial charge on any atom is 0.225 e. The van der Waals surface area contributed by atoms with Crippen LogP contribution in [-0.4, -0.2) is 59.0 Å². The molecular formula is C22H26N6O. The SMILES string of the molecule is CNc1nc(-c2ccc(N3CCN(C(=O)C(C)C)CC3)cc2)cc2nccnc12. The van der Waals surface area contributed by atoms with Crippen LogP contribution in [0.1, 0.15) is 13.8 Å². The molecule has 7 nitrogen and oxygen atoms in total. The standard InChI is InChI=1S/C22H26N6O/c1-15(2)22(29)28-12-10-27(11-13-28)17-6-4-16(5-7-17)18-14-19-20(21(23-3)26-18)25-9-8-24-19/h4-9,14-15H,10-13H2,1-3H3,(H,23,26). The summed E-state index contributed by atoms with van der Waals surface area (Å²) in [6, 6.07) is 10.4. The number of carbonyl (C=O) groups excluding carboxylic acids is 1. The zero-order valence-electron chi connectivity index (χ0n) is 17.1. The van der Waals surface area contributed by atoms with E-state index in [0.717, 1.165) is 54.3 Å². The van der Waals surface area contributed by atoms with Gasteiger partial charge in [-0.15, -0.1) is 0 Å². The number of pyridine rings is 1. The number of carbonyl (C=O) groups is 1. The number of rotatable bonds is 4. The van der Waals surface area contributed by atoms with Crippen molar-refractivity contribution in [2.45, 2.75) is 13.8 Å². The van der Waals surface area contributed by atoms with E-state index in [0.29, 0.717) is 0 Å². The largest absolute Gasteiger partial charge is 0.371 e. The molecule has 3 aromatic rings. The van der Waals surface area contributed by atoms with Crippen molar-refractivity contribution in [1.29, 1.82) is 0 Å². The van der Waals surface area contributed by atoms with E-state index in [9.17, 15) is 4.79 Å². The Bertz CT molecular complexity index is 1010. The highest BCUT2D eigenvalue weighted by Gasteiger charge is 2.23. The number of piperazine rings is 1. The van der Waals surface area contributed by atoms with Crippen LogP contribution in [0.25, 0.3) is 22.3 Å². The monoisotopic (exact) mass is 390 g/mol. The lowest BCUT2D eigenvalue weighted by molar-refractivity contribution is -0.134. The molecule has 0 radical (unpaired) electrons. The summed E-state index contributed by atoms with van der Waals surface area (Å²) in [6.07, 6.45) is 3.37. The number of nitrogens with zero attached hydrogens (tertiary/aromatic N) is 5. The number of anilines is 2. The van der Waals surface area contributed by atoms with Crippen LogP contribution in [0.2, 0.25) is 0 Å². The summed E-state index contributed by atoms with van der Waals surface area (Å²) in [5.74, 6) is 1.02. The molecular weight excluding hydrogens is 364 g/mol. The summed E-state index contributed by atoms with van der Waals surface area (Å²) in [5, 5.41) is 3.11. The second-order valence-electron chi connectivity index (χ2n) is 7.54. The van der Waals surface area contributed by atoms with Crippen LogP contribution in [-0.2, 0) is 4.79 Å². The second-order valence-corrected chi connectivity index (χ2v) is 7.54. The van der Waals surface area contributed by atoms with Gasteiger partial charge in [0.2, 0.25) is 5.91 Å². The van der Waals surface area contributed by atoms with Gasteiger partial charge in [-0.1, -0.05) is 26.0 Å². The minimum absolute atomic E-state index is 0.0579. The van der Waals surface area contributed by atoms with E-state index in [4.69, 9.17) is 4.98 Å². The predicted molar refractivity (Wildman–Crippen MR) is 116 cm³/mol. The number of hydrogen-bond donors (Lipinski definition) is 1. The lowest BCUT2D eigenvalue weighted by atomic mass is 10.1. The quantitative estimate of drug-likeness (QED) is 0.738. The Balaban J connectivity index is 1.52. The van der Waals surface area contributed by atoms with E-state index in [1.807, 2.05) is 31.9 Å². The molecule has 3 heterocycles. The van der Waals surface area contributed by atoms with Crippen LogP contribution in [0.15, 0.2) is 42.7 Å². The summed E-state index contributed by atoms with van der Waals surface area (Å²) in [5.41, 5.74) is 4.65. The predicted octanol–water partition coefficient (Wildman–Crippen LogP) is 3.04. The van der Waals surface area contributed by atoms with E-state index < -0.39 is 0 Å². The van der Waals surface area contributed by atoms with E-state index in [1.54, 1.807) is 12.4 Å². The summed E-state index contributed by atoms with van der Waals surface area (Å²) in [7, 11) is 1.84. The lowest BCUT2D eigenvalue weighted by Gasteiger charge is -2.37. The highest BCUT2D eigenvalue weighted by atomic mass is 16.2. The van der Waals surface area contributed by atoms with Gasteiger partial charge in [-0.25, -0.2) is 9.97 Å². The average molecular weight is 390 g/mol. The number of amides is 1. The first-order valence-corrected chi connectivity index (χ1v) is 10.0. The van der Waals surface area contributed by atoms with E-state index in [-0.39, 0.29) is 11.8 Å². The van der Waals surface area contributed by atoms with E-state index >= 15 is 0 Å². The Hall–Kier alpha value is -3.22. The molecule has 2 aromatic heterocycles. The molecule has 0 aliphatic carbocycles. The van der Waals surface area contributed by atoms with Crippen LogP contribution in [0.3, 0.4) is 0 Å². The highest BCUT2D eigenvalue weighted by Crippen LogP contribution is 2.27. The summed E-state index contributed by atoms with van der Waals surface area (Å²) >= 11 is 0. The Labute approximate surface area is 170 Å². The lowest BCUT2D eigenvalue weighted by Crippen LogP contribution is -2.49. The Morgan fingerprint density at radius 1 is 1.03 bits per heavy atom. The molecule has 1 aliphatic rings. The number of fused-ring (bicyclic) bond motifs is 1. The topological polar surface area (TPSA) is 74.2 Å². The van der Waals surface area contributed by atoms with Crippen molar-refractivity contribution in [3.05, 3.63) is 42.7 Å². The van der Waals surface area contributed by atoms with E-state index in [1.165, 1.54) is 5.69 Å². The Morgan fingerprint density at radius 3 is 2.38 bits per heavy atom. The third kappa shape index (κ3) is 3.85. The van der Waals surface area contributed by atoms with Crippen LogP contribution in [0.5, 0.6) is 0 Å². The third-order valence-electron chi connectivity index (χ3n) is 5.31. The molecule has 4 rings (SSSR count). The fraction of sp³-hybridized carbons (Fsp3) is 0.364. The average Bonchev–Trinajstić information content (AvgIpc) is 2.78. The summed E-state index contributed by atoms with van der Waals surface area (Å²) in [6.45, 7) is 7.17. The van der Waals surface area contributed by atoms with Crippen molar-refractivity contribution >= 4 is 28.4 Å². The van der Waals surface area contributed by atoms with Gasteiger partial charge in [0.05, 0.1) is 11.2 Å². The van der Waals surface area contributed by atoms with Gasteiger partial charge in [-0.3, -0.25) is 9.78 Å². The van der Waals surface area contributed by atoms with Gasteiger partial charge >= 0.3 is 0 Å². The first kappa shape index (κ1) is 19.1. The minimum Gasteiger partial charge on any atom is -0.371 e. The van der Waals surface area contributed by atoms with E-state index in [2.05, 4.69) is 44.5 Å². The third-order valence-corrected chi connectivity index (χ3v) is 5.31. The van der Waals surface area contributed by atoms with Crippen LogP contribution < -0.4 is 10.2 Å². The molecule has 1 aromatic carbocycles. The van der Waals surface area contributed by atoms with Crippen molar-refractivity contribution in [2.75, 3.05) is 43.4 Å². The molecule has 0 atom stereocenters. The molecule has 1 N–H and O–H groups in total. The van der Waals surface area contributed by atoms with Gasteiger partial charge in [0.25, 0.3) is 0 Å². The Kier molecular flexibility index (Phi) is 5.29. The van der Waals surface area contributed by atoms with Crippen molar-refractivity contribution in [3.63, 3.8) is 0 Å². The van der Waals surface area contributed by atoms with Gasteiger partial charge in [0.15, 0.2) is 5.82 Å². The smallest absolute Gasteiger partial charge is 0.225 e. The minimum atomic E-state index is 0.0579. The van der Waals surface area contributed by atoms with Crippen LogP contribution >= 0.6 is 0 Å². The van der Waals surface area contributed by atoms with Gasteiger partial charge in [0.1, 0.15) is 5.52 Å². The molecule has 0 spiro atoms. The first-order valence-electron chi connectivity index (χ1n) is 10.0. The zero-order chi connectivity index (χ0) is 20.4. The van der Waals surface area contributed by atoms with Crippen molar-refractivity contribution < 1.29 is 4.79 Å². The number of nitrogens with one attached hydrogen (secondary N) is 1. The molecule has 1 aliphatic heterocycles. The molecule has 0 saturated carbocycles. The van der Waals surface area contributed by atoms with Gasteiger partial charge < -0.3 is 15.1 Å². The second kappa shape index (κ2) is 8.03. The fourth-order valence-corrected chi connectivity index (χ4v) is 3.69. The van der Waals surface area contributed by atoms with Crippen LogP contribution in [0, 0.1) is 5.92 Å². The maximum atomic E-state index is 12.2. The van der Waals surface area contributed by atoms with Crippen molar-refractivity contribution in [2.24, 2.45) is 5.92 Å².